The Morgan fingerprint density at radius 2 is 1.91 bits per heavy atom. The third-order valence-electron chi connectivity index (χ3n) is 4.45. The number of thiazole rings is 1. The number of nitrogens with zero attached hydrogens (tertiary/aromatic N) is 2. The van der Waals surface area contributed by atoms with E-state index in [1.165, 1.54) is 10.7 Å². The summed E-state index contributed by atoms with van der Waals surface area (Å²) in [5.41, 5.74) is 7.27. The topological polar surface area (TPSA) is 59.2 Å². The van der Waals surface area contributed by atoms with E-state index in [-0.39, 0.29) is 35.7 Å². The molecule has 0 radical (unpaired) electrons. The van der Waals surface area contributed by atoms with E-state index in [0.29, 0.717) is 5.92 Å². The molecule has 0 unspecified atom stereocenters. The number of carbonyl (C=O) groups excluding carboxylic acids is 1. The van der Waals surface area contributed by atoms with Gasteiger partial charge in [-0.05, 0) is 18.8 Å². The smallest absolute Gasteiger partial charge is 0.239 e. The van der Waals surface area contributed by atoms with Gasteiger partial charge in [-0.2, -0.15) is 0 Å². The molecule has 1 saturated heterocycles. The summed E-state index contributed by atoms with van der Waals surface area (Å²) in [6, 6.07) is -0.371. The molecule has 1 amide bonds. The molecule has 4 nitrogen and oxygen atoms in total. The second-order valence-corrected chi connectivity index (χ2v) is 8.58. The van der Waals surface area contributed by atoms with Gasteiger partial charge in [0.05, 0.1) is 16.7 Å². The standard InChI is InChI=1S/C17H29N3OS.ClH/c1-11(2)14(18)16(21)20-8-6-12(7-9-20)15-19-13(10-22-15)17(3,4)5;/h10-12,14H,6-9,18H2,1-5H3;1H/t14-;/m0./s1. The second kappa shape index (κ2) is 7.95. The maximum absolute atomic E-state index is 12.3. The summed E-state index contributed by atoms with van der Waals surface area (Å²) in [7, 11) is 0. The molecule has 23 heavy (non-hydrogen) atoms. The molecule has 1 fully saturated rings. The zero-order chi connectivity index (χ0) is 16.5. The molecule has 2 N–H and O–H groups in total. The number of piperidine rings is 1. The number of rotatable bonds is 3. The molecule has 132 valence electrons. The van der Waals surface area contributed by atoms with Crippen LogP contribution >= 0.6 is 23.7 Å². The van der Waals surface area contributed by atoms with Crippen molar-refractivity contribution >= 4 is 29.7 Å². The summed E-state index contributed by atoms with van der Waals surface area (Å²) < 4.78 is 0. The third kappa shape index (κ3) is 4.91. The van der Waals surface area contributed by atoms with Gasteiger partial charge in [-0.1, -0.05) is 34.6 Å². The monoisotopic (exact) mass is 359 g/mol. The summed E-state index contributed by atoms with van der Waals surface area (Å²) in [4.78, 5) is 19.1. The Kier molecular flexibility index (Phi) is 7.05. The van der Waals surface area contributed by atoms with Crippen molar-refractivity contribution in [3.8, 4) is 0 Å². The Labute approximate surface area is 150 Å². The number of amides is 1. The zero-order valence-electron chi connectivity index (χ0n) is 14.8. The van der Waals surface area contributed by atoms with Crippen molar-refractivity contribution in [3.63, 3.8) is 0 Å². The molecular formula is C17H30ClN3OS. The first-order valence-corrected chi connectivity index (χ1v) is 9.08. The van der Waals surface area contributed by atoms with Gasteiger partial charge in [0, 0.05) is 29.8 Å². The van der Waals surface area contributed by atoms with Crippen molar-refractivity contribution in [2.24, 2.45) is 11.7 Å². The molecule has 2 rings (SSSR count). The van der Waals surface area contributed by atoms with Crippen LogP contribution in [0.3, 0.4) is 0 Å². The second-order valence-electron chi connectivity index (χ2n) is 7.69. The van der Waals surface area contributed by atoms with Crippen molar-refractivity contribution < 1.29 is 4.79 Å². The van der Waals surface area contributed by atoms with Gasteiger partial charge >= 0.3 is 0 Å². The molecule has 0 bridgehead atoms. The van der Waals surface area contributed by atoms with E-state index < -0.39 is 0 Å². The summed E-state index contributed by atoms with van der Waals surface area (Å²) >= 11 is 1.76. The largest absolute Gasteiger partial charge is 0.341 e. The van der Waals surface area contributed by atoms with E-state index in [2.05, 4.69) is 26.2 Å². The number of halogens is 1. The van der Waals surface area contributed by atoms with E-state index in [9.17, 15) is 4.79 Å². The maximum atomic E-state index is 12.3. The molecule has 1 atom stereocenters. The Bertz CT molecular complexity index is 516. The number of likely N-dealkylation sites (tertiary alicyclic amines) is 1. The van der Waals surface area contributed by atoms with Crippen molar-refractivity contribution in [1.82, 2.24) is 9.88 Å². The lowest BCUT2D eigenvalue weighted by Crippen LogP contribution is -2.49. The average molecular weight is 360 g/mol. The number of hydrogen-bond donors (Lipinski definition) is 1. The van der Waals surface area contributed by atoms with Crippen molar-refractivity contribution in [2.75, 3.05) is 13.1 Å². The minimum absolute atomic E-state index is 0. The third-order valence-corrected chi connectivity index (χ3v) is 5.46. The summed E-state index contributed by atoms with van der Waals surface area (Å²) in [5, 5.41) is 3.41. The van der Waals surface area contributed by atoms with Gasteiger partial charge in [0.15, 0.2) is 0 Å². The molecule has 6 heteroatoms. The normalized spacial score (nSPS) is 18.0. The average Bonchev–Trinajstić information content (AvgIpc) is 2.95. The zero-order valence-corrected chi connectivity index (χ0v) is 16.5. The molecule has 1 aliphatic heterocycles. The molecule has 0 saturated carbocycles. The molecule has 2 heterocycles. The van der Waals surface area contributed by atoms with Crippen LogP contribution in [0, 0.1) is 5.92 Å². The van der Waals surface area contributed by atoms with Crippen LogP contribution in [0.5, 0.6) is 0 Å². The minimum Gasteiger partial charge on any atom is -0.341 e. The predicted octanol–water partition coefficient (Wildman–Crippen LogP) is 3.55. The SMILES string of the molecule is CC(C)[C@H](N)C(=O)N1CCC(c2nc(C(C)(C)C)cs2)CC1.Cl. The van der Waals surface area contributed by atoms with Crippen LogP contribution in [0.25, 0.3) is 0 Å². The summed E-state index contributed by atoms with van der Waals surface area (Å²) in [6.45, 7) is 12.2. The Morgan fingerprint density at radius 3 is 2.35 bits per heavy atom. The van der Waals surface area contributed by atoms with E-state index in [0.717, 1.165) is 25.9 Å². The van der Waals surface area contributed by atoms with Crippen LogP contribution in [-0.2, 0) is 10.2 Å². The van der Waals surface area contributed by atoms with Crippen LogP contribution in [0.15, 0.2) is 5.38 Å². The fourth-order valence-electron chi connectivity index (χ4n) is 2.66. The van der Waals surface area contributed by atoms with Crippen LogP contribution in [-0.4, -0.2) is 34.9 Å². The molecular weight excluding hydrogens is 330 g/mol. The fraction of sp³-hybridized carbons (Fsp3) is 0.765. The lowest BCUT2D eigenvalue weighted by atomic mass is 9.92. The highest BCUT2D eigenvalue weighted by molar-refractivity contribution is 7.09. The Hall–Kier alpha value is -0.650. The Balaban J connectivity index is 0.00000264. The maximum Gasteiger partial charge on any atom is 0.239 e. The van der Waals surface area contributed by atoms with Gasteiger partial charge in [-0.3, -0.25) is 4.79 Å². The minimum atomic E-state index is -0.371. The number of carbonyl (C=O) groups is 1. The lowest BCUT2D eigenvalue weighted by molar-refractivity contribution is -0.134. The first-order chi connectivity index (χ1) is 10.2. The highest BCUT2D eigenvalue weighted by Gasteiger charge is 2.30. The van der Waals surface area contributed by atoms with E-state index in [1.54, 1.807) is 11.3 Å². The molecule has 1 aromatic heterocycles. The van der Waals surface area contributed by atoms with Crippen molar-refractivity contribution in [1.29, 1.82) is 0 Å². The number of aromatic nitrogens is 1. The number of nitrogens with two attached hydrogens (primary N) is 1. The van der Waals surface area contributed by atoms with Crippen LogP contribution in [0.2, 0.25) is 0 Å². The van der Waals surface area contributed by atoms with Gasteiger partial charge in [0.25, 0.3) is 0 Å². The first-order valence-electron chi connectivity index (χ1n) is 8.20. The highest BCUT2D eigenvalue weighted by atomic mass is 35.5. The van der Waals surface area contributed by atoms with Gasteiger partial charge in [0.2, 0.25) is 5.91 Å². The van der Waals surface area contributed by atoms with Crippen molar-refractivity contribution in [2.45, 2.75) is 64.8 Å². The molecule has 0 aromatic carbocycles. The van der Waals surface area contributed by atoms with Crippen LogP contribution < -0.4 is 5.73 Å². The Morgan fingerprint density at radius 1 is 1.35 bits per heavy atom. The molecule has 1 aromatic rings. The first kappa shape index (κ1) is 20.4. The van der Waals surface area contributed by atoms with Gasteiger partial charge < -0.3 is 10.6 Å². The lowest BCUT2D eigenvalue weighted by Gasteiger charge is -2.33. The van der Waals surface area contributed by atoms with Crippen LogP contribution in [0.1, 0.15) is 64.1 Å². The highest BCUT2D eigenvalue weighted by Crippen LogP contribution is 2.33. The summed E-state index contributed by atoms with van der Waals surface area (Å²) in [5.74, 6) is 0.780. The van der Waals surface area contributed by atoms with E-state index in [1.807, 2.05) is 18.7 Å². The van der Waals surface area contributed by atoms with Gasteiger partial charge in [0.1, 0.15) is 0 Å². The van der Waals surface area contributed by atoms with Gasteiger partial charge in [-0.25, -0.2) is 4.98 Å². The molecule has 0 aliphatic carbocycles. The van der Waals surface area contributed by atoms with Crippen molar-refractivity contribution in [3.05, 3.63) is 16.1 Å². The predicted molar refractivity (Wildman–Crippen MR) is 99.4 cm³/mol. The number of hydrogen-bond acceptors (Lipinski definition) is 4. The van der Waals surface area contributed by atoms with Crippen LogP contribution in [0.4, 0.5) is 0 Å². The van der Waals surface area contributed by atoms with E-state index in [4.69, 9.17) is 10.7 Å². The molecule has 0 spiro atoms. The van der Waals surface area contributed by atoms with E-state index >= 15 is 0 Å². The molecule has 1 aliphatic rings. The quantitative estimate of drug-likeness (QED) is 0.897. The fourth-order valence-corrected chi connectivity index (χ4v) is 3.88. The summed E-state index contributed by atoms with van der Waals surface area (Å²) in [6.07, 6.45) is 1.99. The van der Waals surface area contributed by atoms with Gasteiger partial charge in [-0.15, -0.1) is 23.7 Å².